The molecule has 1 fully saturated rings. The molecular weight excluding hydrogens is 266 g/mol. The van der Waals surface area contributed by atoms with Crippen LogP contribution in [-0.4, -0.2) is 41.8 Å². The van der Waals surface area contributed by atoms with Crippen molar-refractivity contribution in [1.29, 1.82) is 0 Å². The molecule has 2 heterocycles. The normalized spacial score (nSPS) is 20.3. The predicted octanol–water partition coefficient (Wildman–Crippen LogP) is 2.76. The molecule has 0 N–H and O–H groups in total. The number of carbonyl (C=O) groups is 1. The molecule has 0 radical (unpaired) electrons. The number of rotatable bonds is 7. The molecule has 0 unspecified atom stereocenters. The van der Waals surface area contributed by atoms with Crippen molar-refractivity contribution in [1.82, 2.24) is 4.90 Å². The van der Waals surface area contributed by atoms with E-state index in [1.807, 2.05) is 4.90 Å². The molecule has 0 aromatic heterocycles. The van der Waals surface area contributed by atoms with Gasteiger partial charge in [0.2, 0.25) is 5.91 Å². The number of ether oxygens (including phenoxy) is 1. The van der Waals surface area contributed by atoms with Crippen LogP contribution in [0, 0.1) is 12.3 Å². The summed E-state index contributed by atoms with van der Waals surface area (Å²) in [5.74, 6) is 2.82. The number of hydrogen-bond donors (Lipinski definition) is 0. The van der Waals surface area contributed by atoms with Crippen LogP contribution in [-0.2, 0) is 9.53 Å². The Hall–Kier alpha value is -1.41. The minimum absolute atomic E-state index is 0.203. The van der Waals surface area contributed by atoms with E-state index in [0.717, 1.165) is 32.5 Å². The number of nitrogens with zero attached hydrogens (tertiary/aromatic N) is 3. The Balaban J connectivity index is 1.86. The third-order valence-corrected chi connectivity index (χ3v) is 4.22. The van der Waals surface area contributed by atoms with E-state index in [-0.39, 0.29) is 17.6 Å². The van der Waals surface area contributed by atoms with Crippen LogP contribution >= 0.6 is 0 Å². The number of carbonyl (C=O) groups excluding carboxylic acids is 1. The minimum Gasteiger partial charge on any atom is -0.381 e. The van der Waals surface area contributed by atoms with Gasteiger partial charge in [0.05, 0.1) is 0 Å². The Kier molecular flexibility index (Phi) is 5.35. The first-order valence-electron chi connectivity index (χ1n) is 7.84. The van der Waals surface area contributed by atoms with Gasteiger partial charge in [-0.15, -0.1) is 12.3 Å². The third kappa shape index (κ3) is 4.28. The third-order valence-electron chi connectivity index (χ3n) is 4.22. The van der Waals surface area contributed by atoms with Crippen molar-refractivity contribution in [3.8, 4) is 12.3 Å². The Morgan fingerprint density at radius 3 is 2.57 bits per heavy atom. The largest absolute Gasteiger partial charge is 0.381 e. The van der Waals surface area contributed by atoms with Crippen LogP contribution in [0.4, 0.5) is 0 Å². The lowest BCUT2D eigenvalue weighted by atomic mass is 10.00. The van der Waals surface area contributed by atoms with E-state index in [2.05, 4.69) is 30.0 Å². The van der Waals surface area contributed by atoms with Crippen LogP contribution in [0.2, 0.25) is 0 Å². The maximum atomic E-state index is 12.6. The first-order chi connectivity index (χ1) is 10.1. The van der Waals surface area contributed by atoms with Gasteiger partial charge in [-0.3, -0.25) is 4.79 Å². The Bertz CT molecular complexity index is 427. The fourth-order valence-corrected chi connectivity index (χ4v) is 2.98. The van der Waals surface area contributed by atoms with Gasteiger partial charge >= 0.3 is 0 Å². The lowest BCUT2D eigenvalue weighted by molar-refractivity contribution is -0.138. The summed E-state index contributed by atoms with van der Waals surface area (Å²) in [4.78, 5) is 14.6. The van der Waals surface area contributed by atoms with E-state index in [9.17, 15) is 4.79 Å². The van der Waals surface area contributed by atoms with Gasteiger partial charge < -0.3 is 9.64 Å². The first kappa shape index (κ1) is 16.0. The maximum Gasteiger partial charge on any atom is 0.223 e. The van der Waals surface area contributed by atoms with E-state index in [1.54, 1.807) is 0 Å². The molecule has 5 nitrogen and oxygen atoms in total. The van der Waals surface area contributed by atoms with Gasteiger partial charge in [-0.05, 0) is 26.7 Å². The second kappa shape index (κ2) is 7.04. The summed E-state index contributed by atoms with van der Waals surface area (Å²) in [7, 11) is 0. The minimum atomic E-state index is -0.361. The van der Waals surface area contributed by atoms with Crippen molar-refractivity contribution in [2.75, 3.05) is 13.2 Å². The second-order valence-electron chi connectivity index (χ2n) is 6.12. The van der Waals surface area contributed by atoms with Crippen LogP contribution in [0.3, 0.4) is 0 Å². The molecule has 116 valence electrons. The number of amides is 1. The van der Waals surface area contributed by atoms with Crippen molar-refractivity contribution in [2.45, 2.75) is 70.1 Å². The van der Waals surface area contributed by atoms with Gasteiger partial charge in [-0.25, -0.2) is 0 Å². The average molecular weight is 291 g/mol. The van der Waals surface area contributed by atoms with Crippen molar-refractivity contribution in [3.63, 3.8) is 0 Å². The van der Waals surface area contributed by atoms with Gasteiger partial charge in [0.25, 0.3) is 0 Å². The zero-order chi connectivity index (χ0) is 15.3. The van der Waals surface area contributed by atoms with Crippen LogP contribution in [0.5, 0.6) is 0 Å². The predicted molar refractivity (Wildman–Crippen MR) is 80.7 cm³/mol. The van der Waals surface area contributed by atoms with Crippen molar-refractivity contribution in [2.24, 2.45) is 10.2 Å². The highest BCUT2D eigenvalue weighted by molar-refractivity contribution is 5.77. The fourth-order valence-electron chi connectivity index (χ4n) is 2.98. The maximum absolute atomic E-state index is 12.6. The molecule has 0 bridgehead atoms. The molecule has 5 heteroatoms. The fraction of sp³-hybridized carbons (Fsp3) is 0.812. The summed E-state index contributed by atoms with van der Waals surface area (Å²) in [5, 5.41) is 8.20. The molecule has 0 aromatic rings. The summed E-state index contributed by atoms with van der Waals surface area (Å²) in [6, 6.07) is 0.524. The SMILES string of the molecule is C#CCCC1(CCC(=O)N(C(C)C)C2CCOCC2)N=N1. The van der Waals surface area contributed by atoms with E-state index < -0.39 is 0 Å². The topological polar surface area (TPSA) is 54.3 Å². The molecule has 1 saturated heterocycles. The zero-order valence-electron chi connectivity index (χ0n) is 13.0. The summed E-state index contributed by atoms with van der Waals surface area (Å²) >= 11 is 0. The van der Waals surface area contributed by atoms with Gasteiger partial charge in [0.15, 0.2) is 5.66 Å². The molecule has 0 spiro atoms. The highest BCUT2D eigenvalue weighted by Crippen LogP contribution is 2.38. The zero-order valence-corrected chi connectivity index (χ0v) is 13.0. The van der Waals surface area contributed by atoms with Gasteiger partial charge in [0.1, 0.15) is 0 Å². The van der Waals surface area contributed by atoms with Crippen LogP contribution in [0.15, 0.2) is 10.2 Å². The summed E-state index contributed by atoms with van der Waals surface area (Å²) in [6.45, 7) is 5.65. The number of terminal acetylenes is 1. The van der Waals surface area contributed by atoms with Crippen molar-refractivity contribution in [3.05, 3.63) is 0 Å². The Morgan fingerprint density at radius 2 is 2.05 bits per heavy atom. The number of hydrogen-bond acceptors (Lipinski definition) is 4. The molecule has 2 aliphatic heterocycles. The lowest BCUT2D eigenvalue weighted by Gasteiger charge is -2.37. The molecule has 0 saturated carbocycles. The highest BCUT2D eigenvalue weighted by atomic mass is 16.5. The standard InChI is InChI=1S/C16H25N3O2/c1-4-5-9-16(17-18-16)10-6-15(20)19(13(2)3)14-7-11-21-12-8-14/h1,13-14H,5-12H2,2-3H3. The van der Waals surface area contributed by atoms with Crippen LogP contribution in [0.25, 0.3) is 0 Å². The highest BCUT2D eigenvalue weighted by Gasteiger charge is 2.40. The Labute approximate surface area is 127 Å². The second-order valence-corrected chi connectivity index (χ2v) is 6.12. The van der Waals surface area contributed by atoms with E-state index in [4.69, 9.17) is 11.2 Å². The molecule has 21 heavy (non-hydrogen) atoms. The summed E-state index contributed by atoms with van der Waals surface area (Å²) in [6.07, 6.45) is 9.74. The molecule has 2 aliphatic rings. The molecule has 0 atom stereocenters. The molecular formula is C16H25N3O2. The lowest BCUT2D eigenvalue weighted by Crippen LogP contribution is -2.47. The molecule has 2 rings (SSSR count). The summed E-state index contributed by atoms with van der Waals surface area (Å²) in [5.41, 5.74) is -0.361. The van der Waals surface area contributed by atoms with Crippen LogP contribution in [0.1, 0.15) is 52.4 Å². The van der Waals surface area contributed by atoms with E-state index >= 15 is 0 Å². The van der Waals surface area contributed by atoms with Crippen molar-refractivity contribution < 1.29 is 9.53 Å². The van der Waals surface area contributed by atoms with Gasteiger partial charge in [-0.2, -0.15) is 10.2 Å². The van der Waals surface area contributed by atoms with E-state index in [1.165, 1.54) is 0 Å². The molecule has 0 aliphatic carbocycles. The smallest absolute Gasteiger partial charge is 0.223 e. The van der Waals surface area contributed by atoms with Crippen molar-refractivity contribution >= 4 is 5.91 Å². The monoisotopic (exact) mass is 291 g/mol. The van der Waals surface area contributed by atoms with Gasteiger partial charge in [0, 0.05) is 51.0 Å². The quantitative estimate of drug-likeness (QED) is 0.677. The molecule has 1 amide bonds. The van der Waals surface area contributed by atoms with Crippen LogP contribution < -0.4 is 0 Å². The Morgan fingerprint density at radius 1 is 1.38 bits per heavy atom. The summed E-state index contributed by atoms with van der Waals surface area (Å²) < 4.78 is 5.39. The average Bonchev–Trinajstić information content (AvgIpc) is 3.24. The first-order valence-corrected chi connectivity index (χ1v) is 7.84. The van der Waals surface area contributed by atoms with Gasteiger partial charge in [-0.1, -0.05) is 0 Å². The molecule has 0 aromatic carbocycles. The van der Waals surface area contributed by atoms with E-state index in [0.29, 0.717) is 25.3 Å².